The van der Waals surface area contributed by atoms with Crippen molar-refractivity contribution < 1.29 is 4.79 Å². The minimum Gasteiger partial charge on any atom is -0.332 e. The minimum absolute atomic E-state index is 0.000940. The van der Waals surface area contributed by atoms with Crippen molar-refractivity contribution in [2.45, 2.75) is 50.6 Å². The van der Waals surface area contributed by atoms with Gasteiger partial charge in [0.05, 0.1) is 11.6 Å². The lowest BCUT2D eigenvalue weighted by Crippen LogP contribution is -2.60. The fourth-order valence-electron chi connectivity index (χ4n) is 5.93. The molecule has 1 aromatic rings. The summed E-state index contributed by atoms with van der Waals surface area (Å²) >= 11 is 12.2. The van der Waals surface area contributed by atoms with Crippen molar-refractivity contribution in [1.29, 1.82) is 0 Å². The first-order chi connectivity index (χ1) is 13.1. The highest BCUT2D eigenvalue weighted by Gasteiger charge is 2.47. The molecule has 4 heterocycles. The maximum absolute atomic E-state index is 13.3. The van der Waals surface area contributed by atoms with Gasteiger partial charge in [-0.3, -0.25) is 9.69 Å². The zero-order valence-electron chi connectivity index (χ0n) is 15.4. The number of carbonyl (C=O) groups is 1. The molecule has 6 heteroatoms. The lowest BCUT2D eigenvalue weighted by atomic mass is 9.68. The Balaban J connectivity index is 1.47. The summed E-state index contributed by atoms with van der Waals surface area (Å²) < 4.78 is 0. The highest BCUT2D eigenvalue weighted by molar-refractivity contribution is 6.34. The van der Waals surface area contributed by atoms with Gasteiger partial charge in [-0.1, -0.05) is 41.3 Å². The molecule has 3 saturated heterocycles. The zero-order chi connectivity index (χ0) is 18.5. The van der Waals surface area contributed by atoms with E-state index in [-0.39, 0.29) is 17.1 Å². The standard InChI is InChI=1S/C21H25Cl2N3O/c22-18-7-6-16(20(23)24-18)21(27)26-9-3-4-13-10-14-11-15(19(13)26)12-25-8-2-1-5-17(14)25/h6-7,10,14-15,17,19H,1-5,8-9,11-12H2/t14-,15-,17-,19+/m0/s1. The van der Waals surface area contributed by atoms with Crippen LogP contribution >= 0.6 is 23.2 Å². The molecule has 0 saturated carbocycles. The SMILES string of the molecule is O=C(c1ccc(Cl)nc1Cl)N1CCCC2=C[C@H]3C[C@@H](CN4CCCC[C@@H]34)[C@@H]21. The third-order valence-corrected chi connectivity index (χ3v) is 7.46. The number of rotatable bonds is 1. The van der Waals surface area contributed by atoms with Gasteiger partial charge in [0.1, 0.15) is 10.3 Å². The average molecular weight is 406 g/mol. The molecular formula is C21H25Cl2N3O. The molecule has 0 N–H and O–H groups in total. The van der Waals surface area contributed by atoms with Crippen LogP contribution in [0.5, 0.6) is 0 Å². The molecule has 5 rings (SSSR count). The Morgan fingerprint density at radius 2 is 2.04 bits per heavy atom. The molecular weight excluding hydrogens is 381 g/mol. The summed E-state index contributed by atoms with van der Waals surface area (Å²) in [5.74, 6) is 1.21. The largest absolute Gasteiger partial charge is 0.332 e. The van der Waals surface area contributed by atoms with Crippen LogP contribution in [-0.2, 0) is 0 Å². The minimum atomic E-state index is -0.000940. The highest BCUT2D eigenvalue weighted by atomic mass is 35.5. The molecule has 4 aliphatic rings. The van der Waals surface area contributed by atoms with E-state index in [9.17, 15) is 4.79 Å². The fraction of sp³-hybridized carbons (Fsp3) is 0.619. The average Bonchev–Trinajstić information content (AvgIpc) is 2.67. The molecule has 4 nitrogen and oxygen atoms in total. The van der Waals surface area contributed by atoms with Gasteiger partial charge < -0.3 is 4.90 Å². The van der Waals surface area contributed by atoms with Crippen LogP contribution in [0.4, 0.5) is 0 Å². The van der Waals surface area contributed by atoms with Crippen molar-refractivity contribution in [1.82, 2.24) is 14.8 Å². The van der Waals surface area contributed by atoms with Gasteiger partial charge in [0.2, 0.25) is 0 Å². The molecule has 3 fully saturated rings. The Bertz CT molecular complexity index is 796. The number of fused-ring (bicyclic) bond motifs is 6. The third-order valence-electron chi connectivity index (χ3n) is 6.96. The molecule has 1 aromatic heterocycles. The number of halogens is 2. The molecule has 0 aromatic carbocycles. The quantitative estimate of drug-likeness (QED) is 0.512. The second kappa shape index (κ2) is 7.06. The van der Waals surface area contributed by atoms with Crippen LogP contribution in [0.25, 0.3) is 0 Å². The van der Waals surface area contributed by atoms with Gasteiger partial charge in [-0.25, -0.2) is 4.98 Å². The van der Waals surface area contributed by atoms with Crippen molar-refractivity contribution in [3.8, 4) is 0 Å². The first-order valence-electron chi connectivity index (χ1n) is 10.2. The monoisotopic (exact) mass is 405 g/mol. The van der Waals surface area contributed by atoms with Gasteiger partial charge in [-0.15, -0.1) is 0 Å². The van der Waals surface area contributed by atoms with Crippen LogP contribution in [0.2, 0.25) is 10.3 Å². The van der Waals surface area contributed by atoms with Gasteiger partial charge in [-0.2, -0.15) is 0 Å². The summed E-state index contributed by atoms with van der Waals surface area (Å²) in [6.45, 7) is 3.14. The lowest BCUT2D eigenvalue weighted by Gasteiger charge is -2.54. The second-order valence-corrected chi connectivity index (χ2v) is 9.22. The van der Waals surface area contributed by atoms with Crippen LogP contribution in [0, 0.1) is 11.8 Å². The number of pyridine rings is 1. The van der Waals surface area contributed by atoms with Crippen molar-refractivity contribution in [2.24, 2.45) is 11.8 Å². The van der Waals surface area contributed by atoms with E-state index in [0.29, 0.717) is 22.6 Å². The Morgan fingerprint density at radius 3 is 2.89 bits per heavy atom. The van der Waals surface area contributed by atoms with Crippen molar-refractivity contribution in [3.05, 3.63) is 39.7 Å². The normalized spacial score (nSPS) is 33.1. The first-order valence-corrected chi connectivity index (χ1v) is 10.9. The fourth-order valence-corrected chi connectivity index (χ4v) is 6.35. The summed E-state index contributed by atoms with van der Waals surface area (Å²) in [5.41, 5.74) is 1.95. The molecule has 2 bridgehead atoms. The highest BCUT2D eigenvalue weighted by Crippen LogP contribution is 2.45. The molecule has 1 amide bonds. The number of amides is 1. The van der Waals surface area contributed by atoms with Crippen LogP contribution in [0.1, 0.15) is 48.9 Å². The van der Waals surface area contributed by atoms with Gasteiger partial charge in [-0.05, 0) is 62.6 Å². The Kier molecular flexibility index (Phi) is 4.69. The molecule has 27 heavy (non-hydrogen) atoms. The Hall–Kier alpha value is -1.10. The number of hydrogen-bond acceptors (Lipinski definition) is 3. The number of hydrogen-bond donors (Lipinski definition) is 0. The maximum Gasteiger partial charge on any atom is 0.257 e. The van der Waals surface area contributed by atoms with Gasteiger partial charge in [0, 0.05) is 19.1 Å². The van der Waals surface area contributed by atoms with Crippen molar-refractivity contribution in [2.75, 3.05) is 19.6 Å². The van der Waals surface area contributed by atoms with E-state index < -0.39 is 0 Å². The van der Waals surface area contributed by atoms with Crippen molar-refractivity contribution in [3.63, 3.8) is 0 Å². The van der Waals surface area contributed by atoms with E-state index in [4.69, 9.17) is 23.2 Å². The summed E-state index contributed by atoms with van der Waals surface area (Å²) in [7, 11) is 0. The molecule has 3 aliphatic heterocycles. The molecule has 0 spiro atoms. The molecule has 1 aliphatic carbocycles. The molecule has 4 atom stereocenters. The van der Waals surface area contributed by atoms with Gasteiger partial charge in [0.25, 0.3) is 5.91 Å². The second-order valence-electron chi connectivity index (χ2n) is 8.48. The zero-order valence-corrected chi connectivity index (χ0v) is 16.9. The van der Waals surface area contributed by atoms with Crippen LogP contribution < -0.4 is 0 Å². The number of carbonyl (C=O) groups excluding carboxylic acids is 1. The molecule has 0 radical (unpaired) electrons. The molecule has 144 valence electrons. The summed E-state index contributed by atoms with van der Waals surface area (Å²) in [6, 6.07) is 4.31. The van der Waals surface area contributed by atoms with E-state index in [2.05, 4.69) is 20.9 Å². The van der Waals surface area contributed by atoms with E-state index in [1.807, 2.05) is 0 Å². The predicted octanol–water partition coefficient (Wildman–Crippen LogP) is 4.42. The van der Waals surface area contributed by atoms with Gasteiger partial charge >= 0.3 is 0 Å². The van der Waals surface area contributed by atoms with E-state index in [0.717, 1.165) is 32.0 Å². The number of likely N-dealkylation sites (tertiary alicyclic amines) is 1. The number of piperidine rings is 3. The third kappa shape index (κ3) is 3.10. The Morgan fingerprint density at radius 1 is 1.15 bits per heavy atom. The van der Waals surface area contributed by atoms with Crippen LogP contribution in [0.15, 0.2) is 23.8 Å². The molecule has 0 unspecified atom stereocenters. The van der Waals surface area contributed by atoms with Crippen molar-refractivity contribution >= 4 is 29.1 Å². The first kappa shape index (κ1) is 18.0. The number of nitrogens with zero attached hydrogens (tertiary/aromatic N) is 3. The van der Waals surface area contributed by atoms with E-state index in [1.54, 1.807) is 12.1 Å². The smallest absolute Gasteiger partial charge is 0.257 e. The lowest BCUT2D eigenvalue weighted by molar-refractivity contribution is 0.00147. The number of aromatic nitrogens is 1. The topological polar surface area (TPSA) is 36.4 Å². The summed E-state index contributed by atoms with van der Waals surface area (Å²) in [4.78, 5) is 22.2. The van der Waals surface area contributed by atoms with E-state index in [1.165, 1.54) is 37.8 Å². The summed E-state index contributed by atoms with van der Waals surface area (Å²) in [5, 5.41) is 0.525. The van der Waals surface area contributed by atoms with E-state index >= 15 is 0 Å². The Labute approximate surface area is 170 Å². The van der Waals surface area contributed by atoms with Crippen LogP contribution in [-0.4, -0.2) is 52.4 Å². The van der Waals surface area contributed by atoms with Gasteiger partial charge in [0.15, 0.2) is 0 Å². The predicted molar refractivity (Wildman–Crippen MR) is 107 cm³/mol. The summed E-state index contributed by atoms with van der Waals surface area (Å²) in [6.07, 6.45) is 9.91. The maximum atomic E-state index is 13.3. The van der Waals surface area contributed by atoms with Crippen LogP contribution in [0.3, 0.4) is 0 Å².